The molecule has 5 heteroatoms. The molecule has 1 amide bonds. The minimum Gasteiger partial charge on any atom is -0.334 e. The first-order valence-corrected chi connectivity index (χ1v) is 8.33. The molecule has 2 aromatic heterocycles. The van der Waals surface area contributed by atoms with Gasteiger partial charge in [-0.05, 0) is 43.5 Å². The van der Waals surface area contributed by atoms with Crippen LogP contribution in [0.25, 0.3) is 5.65 Å². The maximum absolute atomic E-state index is 12.9. The molecule has 2 heterocycles. The van der Waals surface area contributed by atoms with E-state index >= 15 is 0 Å². The lowest BCUT2D eigenvalue weighted by Crippen LogP contribution is -2.35. The number of aryl methyl sites for hydroxylation is 2. The van der Waals surface area contributed by atoms with E-state index in [1.54, 1.807) is 17.2 Å². The standard InChI is InChI=1S/C20H21N3O2/c1-4-22(13-16-8-6-5-7-15(16)3)19(24)17-11-21-18-10-9-14(2)12-23(18)20(17)25/h5-12H,4,13H2,1-3H3. The quantitative estimate of drug-likeness (QED) is 0.736. The van der Waals surface area contributed by atoms with Crippen molar-refractivity contribution in [3.05, 3.63) is 81.4 Å². The van der Waals surface area contributed by atoms with Crippen molar-refractivity contribution in [2.75, 3.05) is 6.54 Å². The van der Waals surface area contributed by atoms with Crippen molar-refractivity contribution in [2.24, 2.45) is 0 Å². The van der Waals surface area contributed by atoms with Gasteiger partial charge >= 0.3 is 0 Å². The molecule has 3 aromatic rings. The van der Waals surface area contributed by atoms with Crippen LogP contribution in [0, 0.1) is 13.8 Å². The van der Waals surface area contributed by atoms with Crippen LogP contribution in [0.15, 0.2) is 53.6 Å². The maximum atomic E-state index is 12.9. The van der Waals surface area contributed by atoms with Crippen LogP contribution in [-0.2, 0) is 6.54 Å². The molecule has 0 saturated carbocycles. The zero-order chi connectivity index (χ0) is 18.0. The first-order chi connectivity index (χ1) is 12.0. The van der Waals surface area contributed by atoms with Crippen LogP contribution < -0.4 is 5.56 Å². The summed E-state index contributed by atoms with van der Waals surface area (Å²) in [5, 5.41) is 0. The van der Waals surface area contributed by atoms with Crippen molar-refractivity contribution in [3.63, 3.8) is 0 Å². The molecule has 0 N–H and O–H groups in total. The summed E-state index contributed by atoms with van der Waals surface area (Å²) in [6.07, 6.45) is 3.09. The van der Waals surface area contributed by atoms with Gasteiger partial charge in [0.25, 0.3) is 11.5 Å². The van der Waals surface area contributed by atoms with Gasteiger partial charge in [-0.2, -0.15) is 0 Å². The van der Waals surface area contributed by atoms with E-state index < -0.39 is 0 Å². The van der Waals surface area contributed by atoms with Gasteiger partial charge in [-0.15, -0.1) is 0 Å². The predicted molar refractivity (Wildman–Crippen MR) is 97.8 cm³/mol. The molecule has 0 saturated heterocycles. The van der Waals surface area contributed by atoms with Crippen molar-refractivity contribution in [3.8, 4) is 0 Å². The first kappa shape index (κ1) is 16.9. The molecular formula is C20H21N3O2. The minimum atomic E-state index is -0.332. The normalized spacial score (nSPS) is 10.8. The number of amides is 1. The van der Waals surface area contributed by atoms with Crippen molar-refractivity contribution in [1.29, 1.82) is 0 Å². The van der Waals surface area contributed by atoms with Crippen molar-refractivity contribution in [2.45, 2.75) is 27.3 Å². The summed E-state index contributed by atoms with van der Waals surface area (Å²) in [6, 6.07) is 11.6. The summed E-state index contributed by atoms with van der Waals surface area (Å²) in [4.78, 5) is 31.6. The summed E-state index contributed by atoms with van der Waals surface area (Å²) in [5.41, 5.74) is 3.43. The smallest absolute Gasteiger partial charge is 0.270 e. The molecule has 5 nitrogen and oxygen atoms in total. The number of aromatic nitrogens is 2. The van der Waals surface area contributed by atoms with Gasteiger partial charge in [-0.1, -0.05) is 30.3 Å². The number of carbonyl (C=O) groups is 1. The largest absolute Gasteiger partial charge is 0.334 e. The topological polar surface area (TPSA) is 54.7 Å². The Kier molecular flexibility index (Phi) is 4.65. The Morgan fingerprint density at radius 1 is 1.16 bits per heavy atom. The third-order valence-corrected chi connectivity index (χ3v) is 4.37. The fourth-order valence-electron chi connectivity index (χ4n) is 2.82. The average molecular weight is 335 g/mol. The first-order valence-electron chi connectivity index (χ1n) is 8.33. The molecule has 0 aliphatic rings. The zero-order valence-corrected chi connectivity index (χ0v) is 14.7. The molecule has 0 atom stereocenters. The Morgan fingerprint density at radius 3 is 2.64 bits per heavy atom. The lowest BCUT2D eigenvalue weighted by atomic mass is 10.1. The molecule has 1 aromatic carbocycles. The van der Waals surface area contributed by atoms with E-state index in [2.05, 4.69) is 4.98 Å². The number of rotatable bonds is 4. The minimum absolute atomic E-state index is 0.0959. The molecule has 0 radical (unpaired) electrons. The van der Waals surface area contributed by atoms with Crippen LogP contribution in [0.5, 0.6) is 0 Å². The van der Waals surface area contributed by atoms with Gasteiger partial charge in [-0.25, -0.2) is 4.98 Å². The number of benzene rings is 1. The van der Waals surface area contributed by atoms with Gasteiger partial charge in [-0.3, -0.25) is 14.0 Å². The zero-order valence-electron chi connectivity index (χ0n) is 14.7. The van der Waals surface area contributed by atoms with Gasteiger partial charge in [0.05, 0.1) is 0 Å². The van der Waals surface area contributed by atoms with Crippen LogP contribution in [0.4, 0.5) is 0 Å². The fraction of sp³-hybridized carbons (Fsp3) is 0.250. The number of carbonyl (C=O) groups excluding carboxylic acids is 1. The molecule has 0 spiro atoms. The molecule has 25 heavy (non-hydrogen) atoms. The molecule has 0 bridgehead atoms. The second-order valence-corrected chi connectivity index (χ2v) is 6.16. The van der Waals surface area contributed by atoms with E-state index in [0.29, 0.717) is 18.7 Å². The second kappa shape index (κ2) is 6.89. The van der Waals surface area contributed by atoms with E-state index in [1.807, 2.05) is 51.1 Å². The fourth-order valence-corrected chi connectivity index (χ4v) is 2.82. The summed E-state index contributed by atoms with van der Waals surface area (Å²) in [7, 11) is 0. The third kappa shape index (κ3) is 3.31. The lowest BCUT2D eigenvalue weighted by Gasteiger charge is -2.21. The summed E-state index contributed by atoms with van der Waals surface area (Å²) in [5.74, 6) is -0.292. The molecule has 0 unspecified atom stereocenters. The number of hydrogen-bond donors (Lipinski definition) is 0. The summed E-state index contributed by atoms with van der Waals surface area (Å²) >= 11 is 0. The van der Waals surface area contributed by atoms with Crippen molar-refractivity contribution >= 4 is 11.6 Å². The molecule has 3 rings (SSSR count). The van der Waals surface area contributed by atoms with Crippen LogP contribution in [-0.4, -0.2) is 26.7 Å². The predicted octanol–water partition coefficient (Wildman–Crippen LogP) is 2.97. The summed E-state index contributed by atoms with van der Waals surface area (Å²) in [6.45, 7) is 6.81. The second-order valence-electron chi connectivity index (χ2n) is 6.16. The lowest BCUT2D eigenvalue weighted by molar-refractivity contribution is 0.0750. The molecule has 0 fully saturated rings. The Morgan fingerprint density at radius 2 is 1.92 bits per heavy atom. The average Bonchev–Trinajstić information content (AvgIpc) is 2.61. The van der Waals surface area contributed by atoms with E-state index in [0.717, 1.165) is 16.7 Å². The van der Waals surface area contributed by atoms with Gasteiger partial charge < -0.3 is 4.90 Å². The van der Waals surface area contributed by atoms with E-state index in [9.17, 15) is 9.59 Å². The van der Waals surface area contributed by atoms with Gasteiger partial charge in [0.1, 0.15) is 11.2 Å². The highest BCUT2D eigenvalue weighted by molar-refractivity contribution is 5.93. The Hall–Kier alpha value is -2.95. The SMILES string of the molecule is CCN(Cc1ccccc1C)C(=O)c1cnc2ccc(C)cn2c1=O. The van der Waals surface area contributed by atoms with E-state index in [-0.39, 0.29) is 17.0 Å². The molecular weight excluding hydrogens is 314 g/mol. The van der Waals surface area contributed by atoms with Crippen molar-refractivity contribution < 1.29 is 4.79 Å². The Balaban J connectivity index is 1.98. The Bertz CT molecular complexity index is 992. The van der Waals surface area contributed by atoms with Crippen molar-refractivity contribution in [1.82, 2.24) is 14.3 Å². The highest BCUT2D eigenvalue weighted by atomic mass is 16.2. The highest BCUT2D eigenvalue weighted by Crippen LogP contribution is 2.12. The third-order valence-electron chi connectivity index (χ3n) is 4.37. The van der Waals surface area contributed by atoms with Gasteiger partial charge in [0.2, 0.25) is 0 Å². The monoisotopic (exact) mass is 335 g/mol. The van der Waals surface area contributed by atoms with Gasteiger partial charge in [0, 0.05) is 25.5 Å². The Labute approximate surface area is 146 Å². The number of hydrogen-bond acceptors (Lipinski definition) is 3. The van der Waals surface area contributed by atoms with E-state index in [1.165, 1.54) is 10.6 Å². The van der Waals surface area contributed by atoms with Crippen LogP contribution in [0.3, 0.4) is 0 Å². The van der Waals surface area contributed by atoms with E-state index in [4.69, 9.17) is 0 Å². The number of pyridine rings is 1. The van der Waals surface area contributed by atoms with Gasteiger partial charge in [0.15, 0.2) is 0 Å². The molecule has 128 valence electrons. The number of fused-ring (bicyclic) bond motifs is 1. The summed E-state index contributed by atoms with van der Waals surface area (Å²) < 4.78 is 1.43. The molecule has 0 aliphatic carbocycles. The van der Waals surface area contributed by atoms with Crippen LogP contribution >= 0.6 is 0 Å². The van der Waals surface area contributed by atoms with Crippen LogP contribution in [0.1, 0.15) is 34.0 Å². The van der Waals surface area contributed by atoms with Crippen LogP contribution in [0.2, 0.25) is 0 Å². The maximum Gasteiger partial charge on any atom is 0.270 e. The molecule has 0 aliphatic heterocycles. The highest BCUT2D eigenvalue weighted by Gasteiger charge is 2.20. The number of nitrogens with zero attached hydrogens (tertiary/aromatic N) is 3.